The van der Waals surface area contributed by atoms with Crippen molar-refractivity contribution in [3.05, 3.63) is 48.3 Å². The van der Waals surface area contributed by atoms with E-state index in [1.165, 1.54) is 18.5 Å². The van der Waals surface area contributed by atoms with Crippen molar-refractivity contribution < 1.29 is 9.50 Å². The number of hydrogen-bond acceptors (Lipinski definition) is 3. The van der Waals surface area contributed by atoms with Crippen LogP contribution in [0.4, 0.5) is 4.39 Å². The maximum Gasteiger partial charge on any atom is 0.137 e. The van der Waals surface area contributed by atoms with Crippen molar-refractivity contribution in [1.29, 1.82) is 0 Å². The first-order valence-corrected chi connectivity index (χ1v) is 10.8. The molecule has 0 saturated heterocycles. The largest absolute Gasteiger partial charge is 0.383 e. The van der Waals surface area contributed by atoms with Crippen molar-refractivity contribution >= 4 is 8.07 Å². The highest BCUT2D eigenvalue weighted by Gasteiger charge is 2.32. The molecular weight excluding hydrogens is 285 g/mol. The molecule has 1 N–H and O–H groups in total. The lowest BCUT2D eigenvalue weighted by Crippen LogP contribution is -2.34. The quantitative estimate of drug-likeness (QED) is 0.835. The van der Waals surface area contributed by atoms with Crippen LogP contribution in [0.15, 0.2) is 36.9 Å². The molecule has 0 fully saturated rings. The molecule has 1 aromatic heterocycles. The maximum atomic E-state index is 13.1. The number of aliphatic hydroxyl groups is 1. The van der Waals surface area contributed by atoms with Crippen LogP contribution in [-0.2, 0) is 12.1 Å². The fourth-order valence-electron chi connectivity index (χ4n) is 2.24. The molecule has 0 saturated carbocycles. The second kappa shape index (κ2) is 6.07. The topological polar surface area (TPSA) is 50.9 Å². The number of nitrogens with zero attached hydrogens (tertiary/aromatic N) is 3. The van der Waals surface area contributed by atoms with Crippen molar-refractivity contribution in [2.24, 2.45) is 0 Å². The Morgan fingerprint density at radius 1 is 1.24 bits per heavy atom. The lowest BCUT2D eigenvalue weighted by atomic mass is 9.91. The van der Waals surface area contributed by atoms with Crippen LogP contribution in [0.5, 0.6) is 0 Å². The third-order valence-corrected chi connectivity index (χ3v) is 5.31. The zero-order chi connectivity index (χ0) is 15.5. The standard InChI is InChI=1S/C15H22FN3OSi/c1-21(2,3)9-8-15(20,10-19-12-17-11-18-19)13-4-6-14(16)7-5-13/h4-7,11-12,20H,8-10H2,1-3H3. The summed E-state index contributed by atoms with van der Waals surface area (Å²) in [6.07, 6.45) is 3.67. The third kappa shape index (κ3) is 4.47. The van der Waals surface area contributed by atoms with Gasteiger partial charge < -0.3 is 5.11 Å². The fourth-order valence-corrected chi connectivity index (χ4v) is 3.40. The van der Waals surface area contributed by atoms with E-state index >= 15 is 0 Å². The van der Waals surface area contributed by atoms with Gasteiger partial charge in [-0.2, -0.15) is 5.10 Å². The number of aromatic nitrogens is 3. The van der Waals surface area contributed by atoms with E-state index in [0.29, 0.717) is 13.0 Å². The summed E-state index contributed by atoms with van der Waals surface area (Å²) in [5, 5.41) is 15.2. The molecule has 0 aliphatic rings. The molecule has 1 unspecified atom stereocenters. The zero-order valence-corrected chi connectivity index (χ0v) is 13.8. The monoisotopic (exact) mass is 307 g/mol. The van der Waals surface area contributed by atoms with Gasteiger partial charge in [-0.3, -0.25) is 0 Å². The van der Waals surface area contributed by atoms with Gasteiger partial charge in [-0.25, -0.2) is 14.1 Å². The normalized spacial score (nSPS) is 14.9. The van der Waals surface area contributed by atoms with Gasteiger partial charge in [0.15, 0.2) is 0 Å². The lowest BCUT2D eigenvalue weighted by molar-refractivity contribution is 0.0106. The first kappa shape index (κ1) is 15.8. The minimum Gasteiger partial charge on any atom is -0.383 e. The van der Waals surface area contributed by atoms with Crippen LogP contribution in [0.25, 0.3) is 0 Å². The molecule has 1 atom stereocenters. The average molecular weight is 307 g/mol. The van der Waals surface area contributed by atoms with E-state index in [2.05, 4.69) is 29.7 Å². The smallest absolute Gasteiger partial charge is 0.137 e. The Kier molecular flexibility index (Phi) is 4.58. The highest BCUT2D eigenvalue weighted by molar-refractivity contribution is 6.76. The molecule has 4 nitrogen and oxygen atoms in total. The van der Waals surface area contributed by atoms with Gasteiger partial charge in [0.1, 0.15) is 24.1 Å². The lowest BCUT2D eigenvalue weighted by Gasteiger charge is -2.31. The summed E-state index contributed by atoms with van der Waals surface area (Å²) in [6.45, 7) is 7.14. The fraction of sp³-hybridized carbons (Fsp3) is 0.467. The molecule has 0 radical (unpaired) electrons. The zero-order valence-electron chi connectivity index (χ0n) is 12.8. The van der Waals surface area contributed by atoms with E-state index in [1.54, 1.807) is 23.1 Å². The first-order chi connectivity index (χ1) is 9.78. The summed E-state index contributed by atoms with van der Waals surface area (Å²) in [5.74, 6) is -0.299. The van der Waals surface area contributed by atoms with Crippen molar-refractivity contribution in [3.63, 3.8) is 0 Å². The van der Waals surface area contributed by atoms with E-state index < -0.39 is 13.7 Å². The molecule has 0 spiro atoms. The number of rotatable bonds is 6. The van der Waals surface area contributed by atoms with Crippen LogP contribution >= 0.6 is 0 Å². The van der Waals surface area contributed by atoms with Crippen LogP contribution < -0.4 is 0 Å². The summed E-state index contributed by atoms with van der Waals surface area (Å²) in [4.78, 5) is 3.91. The van der Waals surface area contributed by atoms with Gasteiger partial charge in [-0.15, -0.1) is 0 Å². The predicted octanol–water partition coefficient (Wildman–Crippen LogP) is 3.03. The molecule has 21 heavy (non-hydrogen) atoms. The van der Waals surface area contributed by atoms with E-state index in [-0.39, 0.29) is 5.82 Å². The Labute approximate surface area is 125 Å². The van der Waals surface area contributed by atoms with Gasteiger partial charge in [0.25, 0.3) is 0 Å². The summed E-state index contributed by atoms with van der Waals surface area (Å²) in [5.41, 5.74) is -0.334. The SMILES string of the molecule is C[Si](C)(C)CCC(O)(Cn1cncn1)c1ccc(F)cc1. The molecule has 2 aromatic rings. The van der Waals surface area contributed by atoms with Crippen LogP contribution in [0.3, 0.4) is 0 Å². The average Bonchev–Trinajstić information content (AvgIpc) is 2.89. The molecule has 0 amide bonds. The van der Waals surface area contributed by atoms with Gasteiger partial charge in [-0.05, 0) is 24.1 Å². The number of halogens is 1. The van der Waals surface area contributed by atoms with Crippen LogP contribution in [-0.4, -0.2) is 27.9 Å². The van der Waals surface area contributed by atoms with Crippen molar-refractivity contribution in [3.8, 4) is 0 Å². The molecule has 114 valence electrons. The highest BCUT2D eigenvalue weighted by Crippen LogP contribution is 2.31. The molecule has 2 rings (SSSR count). The molecule has 1 aromatic carbocycles. The summed E-state index contributed by atoms with van der Waals surface area (Å²) in [6, 6.07) is 7.05. The van der Waals surface area contributed by atoms with E-state index in [4.69, 9.17) is 0 Å². The Morgan fingerprint density at radius 2 is 1.90 bits per heavy atom. The Balaban J connectivity index is 2.26. The Bertz CT molecular complexity index is 566. The van der Waals surface area contributed by atoms with E-state index in [9.17, 15) is 9.50 Å². The van der Waals surface area contributed by atoms with Crippen LogP contribution in [0, 0.1) is 5.82 Å². The first-order valence-electron chi connectivity index (χ1n) is 7.09. The summed E-state index contributed by atoms with van der Waals surface area (Å²) in [7, 11) is -1.29. The molecule has 6 heteroatoms. The highest BCUT2D eigenvalue weighted by atomic mass is 28.3. The second-order valence-electron chi connectivity index (χ2n) is 6.69. The van der Waals surface area contributed by atoms with Crippen molar-refractivity contribution in [2.45, 2.75) is 44.3 Å². The van der Waals surface area contributed by atoms with Gasteiger partial charge >= 0.3 is 0 Å². The minimum absolute atomic E-state index is 0.299. The summed E-state index contributed by atoms with van der Waals surface area (Å²) < 4.78 is 14.7. The van der Waals surface area contributed by atoms with Crippen molar-refractivity contribution in [1.82, 2.24) is 14.8 Å². The van der Waals surface area contributed by atoms with Gasteiger partial charge in [0, 0.05) is 8.07 Å². The van der Waals surface area contributed by atoms with Gasteiger partial charge in [0.05, 0.1) is 6.54 Å². The maximum absolute atomic E-state index is 13.1. The minimum atomic E-state index is -1.29. The third-order valence-electron chi connectivity index (χ3n) is 3.56. The van der Waals surface area contributed by atoms with Crippen molar-refractivity contribution in [2.75, 3.05) is 0 Å². The van der Waals surface area contributed by atoms with E-state index in [1.807, 2.05) is 0 Å². The summed E-state index contributed by atoms with van der Waals surface area (Å²) >= 11 is 0. The predicted molar refractivity (Wildman–Crippen MR) is 83.1 cm³/mol. The Morgan fingerprint density at radius 3 is 2.43 bits per heavy atom. The Hall–Kier alpha value is -1.53. The molecule has 0 aliphatic carbocycles. The molecule has 0 bridgehead atoms. The second-order valence-corrected chi connectivity index (χ2v) is 12.3. The van der Waals surface area contributed by atoms with Crippen LogP contribution in [0.2, 0.25) is 25.7 Å². The van der Waals surface area contributed by atoms with Crippen LogP contribution in [0.1, 0.15) is 12.0 Å². The van der Waals surface area contributed by atoms with E-state index in [0.717, 1.165) is 11.6 Å². The molecule has 1 heterocycles. The number of benzene rings is 1. The van der Waals surface area contributed by atoms with Gasteiger partial charge in [0.2, 0.25) is 0 Å². The molecular formula is C15H22FN3OSi. The molecule has 0 aliphatic heterocycles. The number of hydrogen-bond donors (Lipinski definition) is 1. The van der Waals surface area contributed by atoms with Gasteiger partial charge in [-0.1, -0.05) is 37.8 Å².